The van der Waals surface area contributed by atoms with Gasteiger partial charge in [-0.15, -0.1) is 5.10 Å². The third kappa shape index (κ3) is 3.17. The van der Waals surface area contributed by atoms with E-state index in [4.69, 9.17) is 0 Å². The molecule has 0 spiro atoms. The Balaban J connectivity index is 0.00000200. The van der Waals surface area contributed by atoms with Gasteiger partial charge in [0.25, 0.3) is 5.03 Å². The number of hydrazone groups is 1. The first-order valence-corrected chi connectivity index (χ1v) is 5.17. The largest absolute Gasteiger partial charge is 0.870 e. The Morgan fingerprint density at radius 1 is 1.45 bits per heavy atom. The zero-order valence-electron chi connectivity index (χ0n) is 10.3. The minimum atomic E-state index is -0.800. The van der Waals surface area contributed by atoms with Gasteiger partial charge in [0.1, 0.15) is 0 Å². The van der Waals surface area contributed by atoms with Crippen LogP contribution in [0.2, 0.25) is 0 Å². The third-order valence-electron chi connectivity index (χ3n) is 2.20. The van der Waals surface area contributed by atoms with E-state index in [0.29, 0.717) is 10.8 Å². The Kier molecular flexibility index (Phi) is 4.91. The molecule has 0 atom stereocenters. The van der Waals surface area contributed by atoms with Crippen LogP contribution in [0.5, 0.6) is 0 Å². The summed E-state index contributed by atoms with van der Waals surface area (Å²) in [6.07, 6.45) is 0. The average molecular weight is 284 g/mol. The lowest BCUT2D eigenvalue weighted by molar-refractivity contribution is -0.739. The predicted molar refractivity (Wildman–Crippen MR) is 63.8 cm³/mol. The molecule has 2 rings (SSSR count). The highest BCUT2D eigenvalue weighted by Gasteiger charge is 2.46. The minimum absolute atomic E-state index is 0. The van der Waals surface area contributed by atoms with Gasteiger partial charge in [-0.2, -0.15) is 0 Å². The maximum atomic E-state index is 11.9. The van der Waals surface area contributed by atoms with E-state index in [2.05, 4.69) is 20.8 Å². The molecule has 1 amide bonds. The van der Waals surface area contributed by atoms with Crippen LogP contribution in [-0.2, 0) is 9.63 Å². The van der Waals surface area contributed by atoms with Crippen LogP contribution in [-0.4, -0.2) is 39.8 Å². The Morgan fingerprint density at radius 3 is 2.65 bits per heavy atom. The predicted octanol–water partition coefficient (Wildman–Crippen LogP) is -2.37. The molecule has 1 aromatic carbocycles. The first kappa shape index (κ1) is 15.3. The van der Waals surface area contributed by atoms with Crippen molar-refractivity contribution in [3.8, 4) is 0 Å². The number of rotatable bonds is 4. The van der Waals surface area contributed by atoms with E-state index in [-0.39, 0.29) is 11.3 Å². The topological polar surface area (TPSA) is 144 Å². The van der Waals surface area contributed by atoms with Crippen molar-refractivity contribution in [3.05, 3.63) is 40.4 Å². The van der Waals surface area contributed by atoms with E-state index >= 15 is 0 Å². The molecular weight excluding hydrogens is 272 g/mol. The van der Waals surface area contributed by atoms with Gasteiger partial charge in [0.15, 0.2) is 5.12 Å². The number of nitrogens with one attached hydrogen (secondary N) is 3. The van der Waals surface area contributed by atoms with Crippen LogP contribution in [0.3, 0.4) is 0 Å². The molecule has 0 bridgehead atoms. The molecule has 0 aromatic heterocycles. The lowest BCUT2D eigenvalue weighted by Gasteiger charge is -2.03. The fraction of sp³-hybridized carbons (Fsp3) is 0.111. The molecule has 0 fully saturated rings. The number of hydrogen-bond acceptors (Lipinski definition) is 7. The summed E-state index contributed by atoms with van der Waals surface area (Å²) in [6.45, 7) is 0. The van der Waals surface area contributed by atoms with Crippen LogP contribution in [0, 0.1) is 10.1 Å². The Labute approximate surface area is 112 Å². The first-order valence-electron chi connectivity index (χ1n) is 5.17. The van der Waals surface area contributed by atoms with Crippen molar-refractivity contribution in [2.75, 3.05) is 12.4 Å². The fourth-order valence-corrected chi connectivity index (χ4v) is 1.37. The third-order valence-corrected chi connectivity index (χ3v) is 2.20. The zero-order valence-corrected chi connectivity index (χ0v) is 10.3. The van der Waals surface area contributed by atoms with E-state index in [1.807, 2.05) is 0 Å². The van der Waals surface area contributed by atoms with Gasteiger partial charge in [-0.25, -0.2) is 15.0 Å². The summed E-state index contributed by atoms with van der Waals surface area (Å²) in [6, 6.07) is 8.56. The summed E-state index contributed by atoms with van der Waals surface area (Å²) in [7, 11) is 1.27. The minimum Gasteiger partial charge on any atom is -0.870 e. The van der Waals surface area contributed by atoms with E-state index < -0.39 is 10.9 Å². The summed E-state index contributed by atoms with van der Waals surface area (Å²) in [5.41, 5.74) is 2.71. The number of amides is 1. The number of benzene rings is 1. The molecule has 108 valence electrons. The molecule has 11 nitrogen and oxygen atoms in total. The summed E-state index contributed by atoms with van der Waals surface area (Å²) in [4.78, 5) is 27.4. The number of nitro groups is 1. The van der Waals surface area contributed by atoms with Crippen LogP contribution >= 0.6 is 0 Å². The Bertz CT molecular complexity index is 521. The van der Waals surface area contributed by atoms with Crippen LogP contribution in [0.1, 0.15) is 0 Å². The first-order chi connectivity index (χ1) is 9.11. The average Bonchev–Trinajstić information content (AvgIpc) is 2.84. The molecule has 0 saturated carbocycles. The number of hydrazine groups is 4. The maximum absolute atomic E-state index is 11.9. The second-order valence-electron chi connectivity index (χ2n) is 3.41. The molecule has 0 radical (unpaired) electrons. The lowest BCUT2D eigenvalue weighted by atomic mass is 10.3. The number of amidine groups is 1. The molecular formula is C9H12N6O5. The molecule has 11 heteroatoms. The monoisotopic (exact) mass is 284 g/mol. The van der Waals surface area contributed by atoms with E-state index in [0.717, 1.165) is 5.28 Å². The van der Waals surface area contributed by atoms with E-state index in [1.165, 1.54) is 7.11 Å². The number of carbonyl (C=O) groups excluding carboxylic acids is 1. The number of nitrogens with zero attached hydrogens (tertiary/aromatic N) is 3. The van der Waals surface area contributed by atoms with Gasteiger partial charge in [0.05, 0.1) is 12.6 Å². The second kappa shape index (κ2) is 6.42. The van der Waals surface area contributed by atoms with E-state index in [1.54, 1.807) is 30.3 Å². The van der Waals surface area contributed by atoms with Crippen molar-refractivity contribution in [2.24, 2.45) is 0 Å². The van der Waals surface area contributed by atoms with Gasteiger partial charge in [0, 0.05) is 11.0 Å². The molecule has 0 aliphatic carbocycles. The van der Waals surface area contributed by atoms with Gasteiger partial charge in [-0.3, -0.25) is 4.79 Å². The van der Waals surface area contributed by atoms with Crippen molar-refractivity contribution in [1.82, 2.24) is 15.9 Å². The van der Waals surface area contributed by atoms with Crippen molar-refractivity contribution in [3.63, 3.8) is 0 Å². The molecule has 1 heterocycles. The zero-order chi connectivity index (χ0) is 13.8. The van der Waals surface area contributed by atoms with Crippen LogP contribution in [0.15, 0.2) is 30.3 Å². The highest BCUT2D eigenvalue weighted by molar-refractivity contribution is 6.39. The lowest BCUT2D eigenvalue weighted by Crippen LogP contribution is -2.82. The van der Waals surface area contributed by atoms with Gasteiger partial charge in [0.2, 0.25) is 0 Å². The van der Waals surface area contributed by atoms with Crippen LogP contribution in [0.4, 0.5) is 5.69 Å². The number of hydrogen-bond donors (Lipinski definition) is 3. The van der Waals surface area contributed by atoms with Gasteiger partial charge >= 0.3 is 11.7 Å². The fourth-order valence-electron chi connectivity index (χ4n) is 1.37. The molecule has 1 aliphatic rings. The van der Waals surface area contributed by atoms with Gasteiger partial charge in [-0.05, 0) is 12.1 Å². The quantitative estimate of drug-likeness (QED) is 0.411. The Hall–Kier alpha value is -2.76. The maximum Gasteiger partial charge on any atom is 0.454 e. The van der Waals surface area contributed by atoms with Crippen molar-refractivity contribution in [1.29, 1.82) is 0 Å². The van der Waals surface area contributed by atoms with Crippen molar-refractivity contribution in [2.45, 2.75) is 0 Å². The summed E-state index contributed by atoms with van der Waals surface area (Å²) in [5, 5.41) is 16.1. The molecule has 0 saturated heterocycles. The summed E-state index contributed by atoms with van der Waals surface area (Å²) >= 11 is 0. The smallest absolute Gasteiger partial charge is 0.454 e. The van der Waals surface area contributed by atoms with Gasteiger partial charge < -0.3 is 10.8 Å². The number of para-hydroxylation sites is 1. The number of anilines is 1. The standard InChI is InChI=1S/C9H10N6O4.H2O/c1-19-14-11-8(13(12-14)15(17)18)9(16)10-7-5-3-2-4-6-7;/h2-6,12H,1H3,(H,10,16);1H2. The number of carbonyl (C=O) groups is 1. The normalized spacial score (nSPS) is 13.6. The Morgan fingerprint density at radius 2 is 2.10 bits per heavy atom. The second-order valence-corrected chi connectivity index (χ2v) is 3.41. The van der Waals surface area contributed by atoms with E-state index in [9.17, 15) is 14.9 Å². The highest BCUT2D eigenvalue weighted by Crippen LogP contribution is 2.05. The van der Waals surface area contributed by atoms with Crippen molar-refractivity contribution >= 4 is 17.4 Å². The summed E-state index contributed by atoms with van der Waals surface area (Å²) in [5.74, 6) is -1.01. The van der Waals surface area contributed by atoms with Crippen LogP contribution < -0.4 is 16.0 Å². The molecule has 1 aromatic rings. The molecule has 20 heavy (non-hydrogen) atoms. The van der Waals surface area contributed by atoms with Crippen molar-refractivity contribution < 1.29 is 25.2 Å². The van der Waals surface area contributed by atoms with Crippen LogP contribution in [0.25, 0.3) is 0 Å². The van der Waals surface area contributed by atoms with Gasteiger partial charge in [-0.1, -0.05) is 18.2 Å². The molecule has 4 N–H and O–H groups in total. The molecule has 0 unspecified atom stereocenters. The molecule has 1 aliphatic heterocycles. The SMILES string of the molecule is CON1NN([N+](=O)[O-])C(C(=O)Nc2ccccc2)=[NH+]1.[OH-]. The summed E-state index contributed by atoms with van der Waals surface area (Å²) < 4.78 is 0. The highest BCUT2D eigenvalue weighted by atomic mass is 16.8.